The van der Waals surface area contributed by atoms with Gasteiger partial charge in [-0.25, -0.2) is 4.79 Å². The van der Waals surface area contributed by atoms with Crippen molar-refractivity contribution in [3.8, 4) is 0 Å². The van der Waals surface area contributed by atoms with Crippen molar-refractivity contribution in [3.63, 3.8) is 0 Å². The van der Waals surface area contributed by atoms with Crippen LogP contribution in [0.3, 0.4) is 0 Å². The lowest BCUT2D eigenvalue weighted by molar-refractivity contribution is 0.255. The van der Waals surface area contributed by atoms with Crippen LogP contribution >= 0.6 is 15.9 Å². The first-order valence-corrected chi connectivity index (χ1v) is 7.41. The first kappa shape index (κ1) is 15.3. The van der Waals surface area contributed by atoms with Crippen molar-refractivity contribution >= 4 is 33.7 Å². The molecule has 0 bridgehead atoms. The first-order chi connectivity index (χ1) is 10.0. The Morgan fingerprint density at radius 2 is 1.95 bits per heavy atom. The summed E-state index contributed by atoms with van der Waals surface area (Å²) in [6.45, 7) is 4.00. The predicted octanol–water partition coefficient (Wildman–Crippen LogP) is 4.86. The van der Waals surface area contributed by atoms with Crippen molar-refractivity contribution in [2.45, 2.75) is 13.8 Å². The lowest BCUT2D eigenvalue weighted by Crippen LogP contribution is -2.24. The highest BCUT2D eigenvalue weighted by molar-refractivity contribution is 9.10. The van der Waals surface area contributed by atoms with Gasteiger partial charge >= 0.3 is 6.03 Å². The molecule has 0 spiro atoms. The van der Waals surface area contributed by atoms with Gasteiger partial charge in [0.05, 0.1) is 0 Å². The maximum atomic E-state index is 11.8. The quantitative estimate of drug-likeness (QED) is 0.820. The van der Waals surface area contributed by atoms with E-state index in [4.69, 9.17) is 0 Å². The lowest BCUT2D eigenvalue weighted by Gasteiger charge is -2.08. The van der Waals surface area contributed by atoms with Crippen LogP contribution in [-0.2, 0) is 0 Å². The first-order valence-electron chi connectivity index (χ1n) is 6.61. The third-order valence-corrected chi connectivity index (χ3v) is 3.46. The summed E-state index contributed by atoms with van der Waals surface area (Å²) in [6, 6.07) is 13.5. The van der Waals surface area contributed by atoms with Gasteiger partial charge in [-0.2, -0.15) is 0 Å². The highest BCUT2D eigenvalue weighted by Crippen LogP contribution is 2.16. The minimum Gasteiger partial charge on any atom is -0.314 e. The number of carbonyl (C=O) groups excluding carboxylic acids is 1. The van der Waals surface area contributed by atoms with E-state index in [0.717, 1.165) is 21.3 Å². The summed E-state index contributed by atoms with van der Waals surface area (Å²) in [4.78, 5) is 11.8. The van der Waals surface area contributed by atoms with E-state index in [-0.39, 0.29) is 6.03 Å². The van der Waals surface area contributed by atoms with E-state index in [1.807, 2.05) is 62.4 Å². The smallest absolute Gasteiger partial charge is 0.314 e. The van der Waals surface area contributed by atoms with Crippen LogP contribution in [0.25, 0.3) is 6.08 Å². The molecule has 0 aromatic heterocycles. The minimum atomic E-state index is -0.256. The van der Waals surface area contributed by atoms with Crippen LogP contribution in [0, 0.1) is 13.8 Å². The van der Waals surface area contributed by atoms with Gasteiger partial charge in [0.2, 0.25) is 0 Å². The number of halogens is 1. The SMILES string of the molecule is Cc1ccc(NC(=O)N/C=C/c2cccc(Br)c2)c(C)c1. The van der Waals surface area contributed by atoms with Crippen LogP contribution in [0.4, 0.5) is 10.5 Å². The van der Waals surface area contributed by atoms with Gasteiger partial charge in [0.15, 0.2) is 0 Å². The third-order valence-electron chi connectivity index (χ3n) is 2.97. The Labute approximate surface area is 133 Å². The molecule has 2 amide bonds. The number of urea groups is 1. The minimum absolute atomic E-state index is 0.256. The molecule has 0 aliphatic rings. The van der Waals surface area contributed by atoms with Crippen LogP contribution in [-0.4, -0.2) is 6.03 Å². The van der Waals surface area contributed by atoms with Crippen LogP contribution < -0.4 is 10.6 Å². The Hall–Kier alpha value is -2.07. The lowest BCUT2D eigenvalue weighted by atomic mass is 10.1. The second-order valence-corrected chi connectivity index (χ2v) is 5.72. The van der Waals surface area contributed by atoms with Gasteiger partial charge in [-0.15, -0.1) is 0 Å². The van der Waals surface area contributed by atoms with Crippen LogP contribution in [0.15, 0.2) is 53.1 Å². The van der Waals surface area contributed by atoms with Gasteiger partial charge in [0, 0.05) is 16.4 Å². The summed E-state index contributed by atoms with van der Waals surface area (Å²) >= 11 is 3.41. The molecular weight excluding hydrogens is 328 g/mol. The Morgan fingerprint density at radius 3 is 2.67 bits per heavy atom. The van der Waals surface area contributed by atoms with E-state index in [1.54, 1.807) is 6.20 Å². The van der Waals surface area contributed by atoms with E-state index >= 15 is 0 Å². The summed E-state index contributed by atoms with van der Waals surface area (Å²) in [5.41, 5.74) is 4.04. The number of hydrogen-bond donors (Lipinski definition) is 2. The Morgan fingerprint density at radius 1 is 1.14 bits per heavy atom. The van der Waals surface area contributed by atoms with Gasteiger partial charge in [-0.1, -0.05) is 45.8 Å². The zero-order chi connectivity index (χ0) is 15.2. The van der Waals surface area contributed by atoms with Crippen molar-refractivity contribution in [3.05, 3.63) is 69.8 Å². The van der Waals surface area contributed by atoms with E-state index in [9.17, 15) is 4.79 Å². The Bertz CT molecular complexity index is 680. The molecule has 0 atom stereocenters. The Kier molecular flexibility index (Phi) is 5.17. The molecule has 2 aromatic carbocycles. The molecule has 0 unspecified atom stereocenters. The van der Waals surface area contributed by atoms with Crippen molar-refractivity contribution in [1.82, 2.24) is 5.32 Å². The van der Waals surface area contributed by atoms with Crippen LogP contribution in [0.1, 0.15) is 16.7 Å². The molecule has 21 heavy (non-hydrogen) atoms. The molecule has 3 nitrogen and oxygen atoms in total. The van der Waals surface area contributed by atoms with Crippen molar-refractivity contribution in [1.29, 1.82) is 0 Å². The fourth-order valence-corrected chi connectivity index (χ4v) is 2.35. The average Bonchev–Trinajstić information content (AvgIpc) is 2.42. The fourth-order valence-electron chi connectivity index (χ4n) is 1.94. The molecule has 0 radical (unpaired) electrons. The average molecular weight is 345 g/mol. The third kappa shape index (κ3) is 4.76. The summed E-state index contributed by atoms with van der Waals surface area (Å²) < 4.78 is 1.00. The van der Waals surface area contributed by atoms with E-state index in [2.05, 4.69) is 26.6 Å². The number of aryl methyl sites for hydroxylation is 2. The molecule has 0 saturated carbocycles. The summed E-state index contributed by atoms with van der Waals surface area (Å²) in [6.07, 6.45) is 3.47. The largest absolute Gasteiger partial charge is 0.323 e. The standard InChI is InChI=1S/C17H17BrN2O/c1-12-6-7-16(13(2)10-12)20-17(21)19-9-8-14-4-3-5-15(18)11-14/h3-11H,1-2H3,(H2,19,20,21)/b9-8+. The maximum absolute atomic E-state index is 11.8. The van der Waals surface area contributed by atoms with Gasteiger partial charge in [-0.3, -0.25) is 0 Å². The zero-order valence-electron chi connectivity index (χ0n) is 12.0. The van der Waals surface area contributed by atoms with E-state index in [0.29, 0.717) is 0 Å². The van der Waals surface area contributed by atoms with Crippen molar-refractivity contribution in [2.24, 2.45) is 0 Å². The summed E-state index contributed by atoms with van der Waals surface area (Å²) in [7, 11) is 0. The molecule has 2 aromatic rings. The number of carbonyl (C=O) groups is 1. The molecule has 0 aliphatic heterocycles. The molecular formula is C17H17BrN2O. The van der Waals surface area contributed by atoms with Gasteiger partial charge in [0.25, 0.3) is 0 Å². The van der Waals surface area contributed by atoms with Crippen LogP contribution in [0.5, 0.6) is 0 Å². The van der Waals surface area contributed by atoms with Crippen molar-refractivity contribution in [2.75, 3.05) is 5.32 Å². The second-order valence-electron chi connectivity index (χ2n) is 4.81. The maximum Gasteiger partial charge on any atom is 0.323 e. The van der Waals surface area contributed by atoms with Crippen molar-refractivity contribution < 1.29 is 4.79 Å². The highest BCUT2D eigenvalue weighted by atomic mass is 79.9. The van der Waals surface area contributed by atoms with E-state index in [1.165, 1.54) is 5.56 Å². The monoisotopic (exact) mass is 344 g/mol. The molecule has 0 saturated heterocycles. The Balaban J connectivity index is 1.93. The predicted molar refractivity (Wildman–Crippen MR) is 91.2 cm³/mol. The second kappa shape index (κ2) is 7.09. The molecule has 0 fully saturated rings. The molecule has 0 heterocycles. The molecule has 4 heteroatoms. The van der Waals surface area contributed by atoms with E-state index < -0.39 is 0 Å². The number of rotatable bonds is 3. The molecule has 2 N–H and O–H groups in total. The summed E-state index contributed by atoms with van der Waals surface area (Å²) in [5.74, 6) is 0. The molecule has 108 valence electrons. The number of benzene rings is 2. The van der Waals surface area contributed by atoms with Gasteiger partial charge in [-0.05, 0) is 49.2 Å². The van der Waals surface area contributed by atoms with Crippen LogP contribution in [0.2, 0.25) is 0 Å². The number of nitrogens with one attached hydrogen (secondary N) is 2. The number of hydrogen-bond acceptors (Lipinski definition) is 1. The van der Waals surface area contributed by atoms with Gasteiger partial charge in [0.1, 0.15) is 0 Å². The highest BCUT2D eigenvalue weighted by Gasteiger charge is 2.02. The molecule has 2 rings (SSSR count). The topological polar surface area (TPSA) is 41.1 Å². The normalized spacial score (nSPS) is 10.6. The summed E-state index contributed by atoms with van der Waals surface area (Å²) in [5, 5.41) is 5.52. The van der Waals surface area contributed by atoms with Gasteiger partial charge < -0.3 is 10.6 Å². The number of anilines is 1. The fraction of sp³-hybridized carbons (Fsp3) is 0.118. The molecule has 0 aliphatic carbocycles. The number of amides is 2. The zero-order valence-corrected chi connectivity index (χ0v) is 13.6.